The second-order valence-corrected chi connectivity index (χ2v) is 5.68. The van der Waals surface area contributed by atoms with Gasteiger partial charge >= 0.3 is 0 Å². The summed E-state index contributed by atoms with van der Waals surface area (Å²) in [7, 11) is -3.33. The second-order valence-electron chi connectivity index (χ2n) is 3.93. The molecule has 100 valence electrons. The molecule has 1 rings (SSSR count). The molecule has 0 aliphatic heterocycles. The number of nitrogens with one attached hydrogen (secondary N) is 1. The Morgan fingerprint density at radius 2 is 1.89 bits per heavy atom. The monoisotopic (exact) mass is 270 g/mol. The first-order valence-corrected chi connectivity index (χ1v) is 7.63. The van der Waals surface area contributed by atoms with Crippen LogP contribution in [0, 0.1) is 0 Å². The number of anilines is 1. The van der Waals surface area contributed by atoms with Crippen molar-refractivity contribution in [3.05, 3.63) is 29.8 Å². The molecule has 0 heterocycles. The quantitative estimate of drug-likeness (QED) is 0.882. The van der Waals surface area contributed by atoms with E-state index in [1.807, 2.05) is 13.8 Å². The summed E-state index contributed by atoms with van der Waals surface area (Å²) in [4.78, 5) is 13.8. The Morgan fingerprint density at radius 3 is 2.39 bits per heavy atom. The zero-order valence-electron chi connectivity index (χ0n) is 10.8. The van der Waals surface area contributed by atoms with Gasteiger partial charge in [-0.2, -0.15) is 0 Å². The van der Waals surface area contributed by atoms with Gasteiger partial charge < -0.3 is 4.90 Å². The minimum atomic E-state index is -3.33. The fourth-order valence-corrected chi connectivity index (χ4v) is 2.18. The minimum Gasteiger partial charge on any atom is -0.339 e. The van der Waals surface area contributed by atoms with Crippen LogP contribution in [0.4, 0.5) is 5.69 Å². The SMILES string of the molecule is CCN(CC)C(=O)c1cccc(NS(C)(=O)=O)c1. The van der Waals surface area contributed by atoms with E-state index in [-0.39, 0.29) is 5.91 Å². The van der Waals surface area contributed by atoms with Crippen LogP contribution >= 0.6 is 0 Å². The Balaban J connectivity index is 2.98. The Bertz CT molecular complexity index is 522. The lowest BCUT2D eigenvalue weighted by atomic mass is 10.2. The van der Waals surface area contributed by atoms with Crippen LogP contribution in [-0.2, 0) is 10.0 Å². The summed E-state index contributed by atoms with van der Waals surface area (Å²) in [5, 5.41) is 0. The summed E-state index contributed by atoms with van der Waals surface area (Å²) in [5.74, 6) is -0.0999. The molecule has 1 aromatic rings. The molecule has 0 atom stereocenters. The molecule has 1 amide bonds. The summed E-state index contributed by atoms with van der Waals surface area (Å²) in [6.45, 7) is 5.05. The largest absolute Gasteiger partial charge is 0.339 e. The number of nitrogens with zero attached hydrogens (tertiary/aromatic N) is 1. The fraction of sp³-hybridized carbons (Fsp3) is 0.417. The molecule has 1 N–H and O–H groups in total. The van der Waals surface area contributed by atoms with E-state index in [0.29, 0.717) is 24.3 Å². The lowest BCUT2D eigenvalue weighted by Gasteiger charge is -2.18. The van der Waals surface area contributed by atoms with Crippen molar-refractivity contribution in [2.75, 3.05) is 24.1 Å². The number of rotatable bonds is 5. The van der Waals surface area contributed by atoms with E-state index < -0.39 is 10.0 Å². The van der Waals surface area contributed by atoms with Gasteiger partial charge in [0.25, 0.3) is 5.91 Å². The van der Waals surface area contributed by atoms with Crippen LogP contribution in [0.5, 0.6) is 0 Å². The van der Waals surface area contributed by atoms with Gasteiger partial charge in [0.05, 0.1) is 6.26 Å². The van der Waals surface area contributed by atoms with E-state index >= 15 is 0 Å². The molecule has 0 spiro atoms. The van der Waals surface area contributed by atoms with Crippen molar-refractivity contribution in [2.45, 2.75) is 13.8 Å². The first-order chi connectivity index (χ1) is 8.37. The maximum atomic E-state index is 12.1. The van der Waals surface area contributed by atoms with Gasteiger partial charge in [-0.1, -0.05) is 6.07 Å². The predicted molar refractivity (Wildman–Crippen MR) is 72.2 cm³/mol. The lowest BCUT2D eigenvalue weighted by Crippen LogP contribution is -2.30. The maximum absolute atomic E-state index is 12.1. The van der Waals surface area contributed by atoms with Crippen molar-refractivity contribution in [2.24, 2.45) is 0 Å². The van der Waals surface area contributed by atoms with Crippen molar-refractivity contribution >= 4 is 21.6 Å². The molecular formula is C12H18N2O3S. The van der Waals surface area contributed by atoms with E-state index in [1.165, 1.54) is 0 Å². The fourth-order valence-electron chi connectivity index (χ4n) is 1.62. The van der Waals surface area contributed by atoms with Crippen LogP contribution in [0.15, 0.2) is 24.3 Å². The number of amides is 1. The van der Waals surface area contributed by atoms with Crippen LogP contribution in [-0.4, -0.2) is 38.6 Å². The molecule has 0 aliphatic carbocycles. The summed E-state index contributed by atoms with van der Waals surface area (Å²) in [5.41, 5.74) is 0.878. The van der Waals surface area contributed by atoms with Gasteiger partial charge in [0.2, 0.25) is 10.0 Å². The smallest absolute Gasteiger partial charge is 0.253 e. The minimum absolute atomic E-state index is 0.0999. The summed E-state index contributed by atoms with van der Waals surface area (Å²) < 4.78 is 24.6. The Hall–Kier alpha value is -1.56. The first-order valence-electron chi connectivity index (χ1n) is 5.74. The average molecular weight is 270 g/mol. The molecule has 5 nitrogen and oxygen atoms in total. The Kier molecular flexibility index (Phi) is 4.72. The van der Waals surface area contributed by atoms with E-state index in [0.717, 1.165) is 6.26 Å². The predicted octanol–water partition coefficient (Wildman–Crippen LogP) is 1.54. The third-order valence-electron chi connectivity index (χ3n) is 2.46. The van der Waals surface area contributed by atoms with E-state index in [9.17, 15) is 13.2 Å². The molecular weight excluding hydrogens is 252 g/mol. The zero-order valence-corrected chi connectivity index (χ0v) is 11.6. The highest BCUT2D eigenvalue weighted by Gasteiger charge is 2.13. The van der Waals surface area contributed by atoms with Crippen molar-refractivity contribution in [3.63, 3.8) is 0 Å². The Morgan fingerprint density at radius 1 is 1.28 bits per heavy atom. The lowest BCUT2D eigenvalue weighted by molar-refractivity contribution is 0.0773. The topological polar surface area (TPSA) is 66.5 Å². The van der Waals surface area contributed by atoms with Crippen LogP contribution in [0.2, 0.25) is 0 Å². The van der Waals surface area contributed by atoms with Gasteiger partial charge in [-0.15, -0.1) is 0 Å². The normalized spacial score (nSPS) is 11.1. The van der Waals surface area contributed by atoms with Crippen molar-refractivity contribution < 1.29 is 13.2 Å². The van der Waals surface area contributed by atoms with E-state index in [4.69, 9.17) is 0 Å². The molecule has 0 radical (unpaired) electrons. The van der Waals surface area contributed by atoms with Gasteiger partial charge in [-0.25, -0.2) is 8.42 Å². The average Bonchev–Trinajstić information content (AvgIpc) is 2.28. The van der Waals surface area contributed by atoms with E-state index in [1.54, 1.807) is 29.2 Å². The van der Waals surface area contributed by atoms with Crippen LogP contribution in [0.1, 0.15) is 24.2 Å². The van der Waals surface area contributed by atoms with E-state index in [2.05, 4.69) is 4.72 Å². The van der Waals surface area contributed by atoms with Crippen LogP contribution in [0.3, 0.4) is 0 Å². The van der Waals surface area contributed by atoms with Gasteiger partial charge in [-0.3, -0.25) is 9.52 Å². The first kappa shape index (κ1) is 14.5. The highest BCUT2D eigenvalue weighted by Crippen LogP contribution is 2.13. The number of carbonyl (C=O) groups is 1. The maximum Gasteiger partial charge on any atom is 0.253 e. The number of benzene rings is 1. The van der Waals surface area contributed by atoms with Crippen LogP contribution < -0.4 is 4.72 Å². The number of hydrogen-bond donors (Lipinski definition) is 1. The summed E-state index contributed by atoms with van der Waals surface area (Å²) in [6, 6.07) is 6.49. The second kappa shape index (κ2) is 5.86. The number of carbonyl (C=O) groups excluding carboxylic acids is 1. The highest BCUT2D eigenvalue weighted by atomic mass is 32.2. The highest BCUT2D eigenvalue weighted by molar-refractivity contribution is 7.92. The number of sulfonamides is 1. The van der Waals surface area contributed by atoms with Crippen LogP contribution in [0.25, 0.3) is 0 Å². The van der Waals surface area contributed by atoms with Gasteiger partial charge in [0, 0.05) is 24.3 Å². The van der Waals surface area contributed by atoms with Crippen molar-refractivity contribution in [1.29, 1.82) is 0 Å². The summed E-state index contributed by atoms with van der Waals surface area (Å²) >= 11 is 0. The van der Waals surface area contributed by atoms with Gasteiger partial charge in [0.1, 0.15) is 0 Å². The number of hydrogen-bond acceptors (Lipinski definition) is 3. The van der Waals surface area contributed by atoms with Gasteiger partial charge in [-0.05, 0) is 32.0 Å². The summed E-state index contributed by atoms with van der Waals surface area (Å²) in [6.07, 6.45) is 1.08. The molecule has 0 unspecified atom stereocenters. The molecule has 1 aromatic carbocycles. The molecule has 0 saturated carbocycles. The molecule has 18 heavy (non-hydrogen) atoms. The molecule has 0 aliphatic rings. The molecule has 0 fully saturated rings. The third kappa shape index (κ3) is 4.03. The van der Waals surface area contributed by atoms with Crippen molar-refractivity contribution in [1.82, 2.24) is 4.90 Å². The van der Waals surface area contributed by atoms with Gasteiger partial charge in [0.15, 0.2) is 0 Å². The third-order valence-corrected chi connectivity index (χ3v) is 3.07. The van der Waals surface area contributed by atoms with Crippen molar-refractivity contribution in [3.8, 4) is 0 Å². The zero-order chi connectivity index (χ0) is 13.8. The molecule has 6 heteroatoms. The molecule has 0 aromatic heterocycles. The standard InChI is InChI=1S/C12H18N2O3S/c1-4-14(5-2)12(15)10-7-6-8-11(9-10)13-18(3,16)17/h6-9,13H,4-5H2,1-3H3. The molecule has 0 saturated heterocycles. The Labute approximate surface area is 108 Å². The molecule has 0 bridgehead atoms.